The van der Waals surface area contributed by atoms with Gasteiger partial charge in [0.05, 0.1) is 10.6 Å². The number of hydrogen-bond acceptors (Lipinski definition) is 5. The van der Waals surface area contributed by atoms with Gasteiger partial charge in [0.15, 0.2) is 5.78 Å². The average Bonchev–Trinajstić information content (AvgIpc) is 2.70. The molecule has 0 saturated carbocycles. The molecule has 0 atom stereocenters. The molecule has 0 amide bonds. The van der Waals surface area contributed by atoms with Crippen LogP contribution in [0.15, 0.2) is 57.2 Å². The van der Waals surface area contributed by atoms with E-state index < -0.39 is 0 Å². The zero-order valence-electron chi connectivity index (χ0n) is 15.7. The quantitative estimate of drug-likeness (QED) is 0.440. The minimum absolute atomic E-state index is 0.119. The molecule has 0 aliphatic heterocycles. The van der Waals surface area contributed by atoms with Gasteiger partial charge in [0.25, 0.3) is 5.56 Å². The number of hydrogen-bond donors (Lipinski definition) is 1. The average molecular weight is 431 g/mol. The van der Waals surface area contributed by atoms with Gasteiger partial charge in [-0.15, -0.1) is 23.5 Å². The number of halogens is 1. The fourth-order valence-corrected chi connectivity index (χ4v) is 4.54. The van der Waals surface area contributed by atoms with E-state index in [0.717, 1.165) is 20.9 Å². The molecule has 0 aliphatic carbocycles. The second-order valence-electron chi connectivity index (χ2n) is 6.24. The zero-order valence-corrected chi connectivity index (χ0v) is 18.1. The van der Waals surface area contributed by atoms with Gasteiger partial charge in [-0.3, -0.25) is 9.59 Å². The van der Waals surface area contributed by atoms with E-state index in [1.165, 1.54) is 11.8 Å². The van der Waals surface area contributed by atoms with Crippen molar-refractivity contribution in [3.8, 4) is 0 Å². The summed E-state index contributed by atoms with van der Waals surface area (Å²) in [4.78, 5) is 27.1. The lowest BCUT2D eigenvalue weighted by atomic mass is 9.95. The number of ketones is 1. The molecule has 3 rings (SSSR count). The Kier molecular flexibility index (Phi) is 6.65. The third-order valence-corrected chi connectivity index (χ3v) is 6.28. The van der Waals surface area contributed by atoms with Crippen molar-refractivity contribution in [2.75, 3.05) is 12.5 Å². The van der Waals surface area contributed by atoms with E-state index in [1.54, 1.807) is 30.1 Å². The lowest BCUT2D eigenvalue weighted by Crippen LogP contribution is -2.14. The SMILES string of the molecule is CSc1cc(Cl)c(C(=O)c2ccc(C)c(Cc3ccn[nH]c3=O)c2)c(SC)c1. The zero-order chi connectivity index (χ0) is 20.3. The molecule has 4 nitrogen and oxygen atoms in total. The van der Waals surface area contributed by atoms with Crippen LogP contribution in [0.3, 0.4) is 0 Å². The highest BCUT2D eigenvalue weighted by Crippen LogP contribution is 2.34. The van der Waals surface area contributed by atoms with Crippen LogP contribution in [-0.4, -0.2) is 28.5 Å². The highest BCUT2D eigenvalue weighted by Gasteiger charge is 2.19. The number of carbonyl (C=O) groups is 1. The summed E-state index contributed by atoms with van der Waals surface area (Å²) in [5.41, 5.74) is 3.39. The minimum atomic E-state index is -0.223. The molecule has 144 valence electrons. The van der Waals surface area contributed by atoms with Gasteiger partial charge in [-0.2, -0.15) is 5.10 Å². The van der Waals surface area contributed by atoms with E-state index in [1.807, 2.05) is 43.7 Å². The standard InChI is InChI=1S/C21H19ClN2O2S2/c1-12-4-5-13(8-15(12)9-14-6-7-23-24-21(14)26)20(25)19-17(22)10-16(27-2)11-18(19)28-3/h4-8,10-11H,9H2,1-3H3,(H,24,26). The number of aryl methyl sites for hydroxylation is 1. The Labute approximate surface area is 177 Å². The normalized spacial score (nSPS) is 10.9. The van der Waals surface area contributed by atoms with Crippen LogP contribution >= 0.6 is 35.1 Å². The van der Waals surface area contributed by atoms with Gasteiger partial charge < -0.3 is 0 Å². The predicted molar refractivity (Wildman–Crippen MR) is 117 cm³/mol. The summed E-state index contributed by atoms with van der Waals surface area (Å²) in [5, 5.41) is 6.62. The molecule has 0 bridgehead atoms. The van der Waals surface area contributed by atoms with E-state index in [0.29, 0.717) is 28.1 Å². The number of aromatic nitrogens is 2. The Bertz CT molecular complexity index is 1100. The van der Waals surface area contributed by atoms with Crippen LogP contribution in [-0.2, 0) is 6.42 Å². The highest BCUT2D eigenvalue weighted by atomic mass is 35.5. The number of benzene rings is 2. The number of H-pyrrole nitrogens is 1. The summed E-state index contributed by atoms with van der Waals surface area (Å²) in [5.74, 6) is -0.119. The molecule has 0 radical (unpaired) electrons. The Morgan fingerprint density at radius 3 is 2.57 bits per heavy atom. The number of thioether (sulfide) groups is 2. The molecule has 0 saturated heterocycles. The summed E-state index contributed by atoms with van der Waals surface area (Å²) in [7, 11) is 0. The van der Waals surface area contributed by atoms with Crippen molar-refractivity contribution in [3.05, 3.63) is 85.8 Å². The molecule has 1 aromatic heterocycles. The summed E-state index contributed by atoms with van der Waals surface area (Å²) in [6, 6.07) is 11.1. The van der Waals surface area contributed by atoms with E-state index in [2.05, 4.69) is 10.2 Å². The maximum atomic E-state index is 13.2. The third-order valence-electron chi connectivity index (χ3n) is 4.51. The number of carbonyl (C=O) groups excluding carboxylic acids is 1. The first-order valence-electron chi connectivity index (χ1n) is 8.53. The van der Waals surface area contributed by atoms with Crippen molar-refractivity contribution < 1.29 is 4.79 Å². The maximum Gasteiger partial charge on any atom is 0.267 e. The number of nitrogens with one attached hydrogen (secondary N) is 1. The minimum Gasteiger partial charge on any atom is -0.289 e. The molecule has 3 aromatic rings. The highest BCUT2D eigenvalue weighted by molar-refractivity contribution is 7.99. The van der Waals surface area contributed by atoms with Crippen LogP contribution in [0.2, 0.25) is 5.02 Å². The molecule has 1 heterocycles. The van der Waals surface area contributed by atoms with Crippen molar-refractivity contribution in [1.29, 1.82) is 0 Å². The topological polar surface area (TPSA) is 62.8 Å². The van der Waals surface area contributed by atoms with Gasteiger partial charge in [0.2, 0.25) is 0 Å². The fourth-order valence-electron chi connectivity index (χ4n) is 2.92. The number of nitrogens with zero attached hydrogens (tertiary/aromatic N) is 1. The summed E-state index contributed by atoms with van der Waals surface area (Å²) < 4.78 is 0. The lowest BCUT2D eigenvalue weighted by Gasteiger charge is -2.13. The van der Waals surface area contributed by atoms with Gasteiger partial charge in [0, 0.05) is 33.5 Å². The number of rotatable bonds is 6. The van der Waals surface area contributed by atoms with Gasteiger partial charge >= 0.3 is 0 Å². The molecule has 0 unspecified atom stereocenters. The van der Waals surface area contributed by atoms with Crippen molar-refractivity contribution >= 4 is 40.9 Å². The first kappa shape index (κ1) is 20.7. The van der Waals surface area contributed by atoms with Crippen LogP contribution in [0.4, 0.5) is 0 Å². The number of aromatic amines is 1. The van der Waals surface area contributed by atoms with E-state index >= 15 is 0 Å². The van der Waals surface area contributed by atoms with E-state index in [4.69, 9.17) is 11.6 Å². The lowest BCUT2D eigenvalue weighted by molar-refractivity contribution is 0.103. The Morgan fingerprint density at radius 2 is 1.89 bits per heavy atom. The van der Waals surface area contributed by atoms with Crippen LogP contribution in [0.5, 0.6) is 0 Å². The molecule has 7 heteroatoms. The van der Waals surface area contributed by atoms with Gasteiger partial charge in [-0.25, -0.2) is 5.10 Å². The predicted octanol–water partition coefficient (Wildman–Crippen LogP) is 5.00. The van der Waals surface area contributed by atoms with Gasteiger partial charge in [-0.05, 0) is 54.8 Å². The van der Waals surface area contributed by atoms with Crippen LogP contribution in [0.25, 0.3) is 0 Å². The Morgan fingerprint density at radius 1 is 1.11 bits per heavy atom. The smallest absolute Gasteiger partial charge is 0.267 e. The van der Waals surface area contributed by atoms with Crippen molar-refractivity contribution in [3.63, 3.8) is 0 Å². The molecule has 28 heavy (non-hydrogen) atoms. The Balaban J connectivity index is 2.02. The third kappa shape index (κ3) is 4.35. The summed E-state index contributed by atoms with van der Waals surface area (Å²) >= 11 is 9.55. The monoisotopic (exact) mass is 430 g/mol. The Hall–Kier alpha value is -2.02. The molecule has 0 fully saturated rings. The molecular formula is C21H19ClN2O2S2. The maximum absolute atomic E-state index is 13.2. The molecular weight excluding hydrogens is 412 g/mol. The molecule has 0 spiro atoms. The summed E-state index contributed by atoms with van der Waals surface area (Å²) in [6.07, 6.45) is 5.89. The first-order chi connectivity index (χ1) is 13.4. The van der Waals surface area contributed by atoms with Gasteiger partial charge in [-0.1, -0.05) is 23.7 Å². The van der Waals surface area contributed by atoms with E-state index in [9.17, 15) is 9.59 Å². The van der Waals surface area contributed by atoms with E-state index in [-0.39, 0.29) is 11.3 Å². The van der Waals surface area contributed by atoms with Gasteiger partial charge in [0.1, 0.15) is 0 Å². The molecule has 2 aromatic carbocycles. The van der Waals surface area contributed by atoms with Crippen molar-refractivity contribution in [1.82, 2.24) is 10.2 Å². The van der Waals surface area contributed by atoms with Crippen molar-refractivity contribution in [2.45, 2.75) is 23.1 Å². The van der Waals surface area contributed by atoms with Crippen LogP contribution in [0.1, 0.15) is 32.6 Å². The largest absolute Gasteiger partial charge is 0.289 e. The summed E-state index contributed by atoms with van der Waals surface area (Å²) in [6.45, 7) is 1.96. The molecule has 0 aliphatic rings. The molecule has 1 N–H and O–H groups in total. The van der Waals surface area contributed by atoms with Crippen molar-refractivity contribution in [2.24, 2.45) is 0 Å². The fraction of sp³-hybridized carbons (Fsp3) is 0.190. The van der Waals surface area contributed by atoms with Crippen LogP contribution in [0, 0.1) is 6.92 Å². The second-order valence-corrected chi connectivity index (χ2v) is 8.38. The first-order valence-corrected chi connectivity index (χ1v) is 11.4. The van der Waals surface area contributed by atoms with Crippen LogP contribution < -0.4 is 5.56 Å². The second kappa shape index (κ2) is 8.99.